The van der Waals surface area contributed by atoms with E-state index in [1.807, 2.05) is 55.6 Å². The van der Waals surface area contributed by atoms with Crippen molar-refractivity contribution in [3.8, 4) is 17.0 Å². The lowest BCUT2D eigenvalue weighted by Crippen LogP contribution is -2.11. The standard InChI is InChI=1S/C19H18N2O2S/c1-12-5-4-6-14(9-12)18(22)21-19-20-17(11-24-19)16-8-7-15(23-3)10-13(16)2/h4-11H,1-3H3,(H,20,21,22). The highest BCUT2D eigenvalue weighted by Crippen LogP contribution is 2.29. The number of aryl methyl sites for hydroxylation is 2. The number of nitrogens with zero attached hydrogens (tertiary/aromatic N) is 1. The van der Waals surface area contributed by atoms with Crippen LogP contribution >= 0.6 is 11.3 Å². The van der Waals surface area contributed by atoms with Crippen molar-refractivity contribution in [3.63, 3.8) is 0 Å². The number of rotatable bonds is 4. The van der Waals surface area contributed by atoms with E-state index >= 15 is 0 Å². The average Bonchev–Trinajstić information content (AvgIpc) is 3.02. The molecule has 1 N–H and O–H groups in total. The van der Waals surface area contributed by atoms with Crippen molar-refractivity contribution in [1.29, 1.82) is 0 Å². The van der Waals surface area contributed by atoms with Gasteiger partial charge in [0, 0.05) is 16.5 Å². The number of hydrogen-bond acceptors (Lipinski definition) is 4. The first-order valence-electron chi connectivity index (χ1n) is 7.55. The van der Waals surface area contributed by atoms with Crippen LogP contribution in [-0.2, 0) is 0 Å². The number of nitrogens with one attached hydrogen (secondary N) is 1. The van der Waals surface area contributed by atoms with Crippen molar-refractivity contribution < 1.29 is 9.53 Å². The maximum Gasteiger partial charge on any atom is 0.257 e. The Morgan fingerprint density at radius 3 is 2.71 bits per heavy atom. The molecule has 122 valence electrons. The highest BCUT2D eigenvalue weighted by molar-refractivity contribution is 7.14. The minimum atomic E-state index is -0.147. The molecule has 1 amide bonds. The van der Waals surface area contributed by atoms with E-state index in [2.05, 4.69) is 10.3 Å². The Morgan fingerprint density at radius 1 is 1.17 bits per heavy atom. The van der Waals surface area contributed by atoms with Gasteiger partial charge in [0.05, 0.1) is 12.8 Å². The molecule has 24 heavy (non-hydrogen) atoms. The van der Waals surface area contributed by atoms with Gasteiger partial charge in [0.25, 0.3) is 5.91 Å². The van der Waals surface area contributed by atoms with E-state index in [0.717, 1.165) is 28.1 Å². The van der Waals surface area contributed by atoms with Gasteiger partial charge in [0.15, 0.2) is 5.13 Å². The number of aromatic nitrogens is 1. The normalized spacial score (nSPS) is 10.5. The zero-order chi connectivity index (χ0) is 17.1. The first-order chi connectivity index (χ1) is 11.6. The zero-order valence-corrected chi connectivity index (χ0v) is 14.6. The van der Waals surface area contributed by atoms with Gasteiger partial charge in [0.1, 0.15) is 5.75 Å². The van der Waals surface area contributed by atoms with Crippen molar-refractivity contribution in [2.24, 2.45) is 0 Å². The second-order valence-corrected chi connectivity index (χ2v) is 6.40. The third-order valence-electron chi connectivity index (χ3n) is 3.71. The van der Waals surface area contributed by atoms with Crippen LogP contribution < -0.4 is 10.1 Å². The van der Waals surface area contributed by atoms with Crippen LogP contribution in [0, 0.1) is 13.8 Å². The summed E-state index contributed by atoms with van der Waals surface area (Å²) < 4.78 is 5.23. The van der Waals surface area contributed by atoms with Gasteiger partial charge in [-0.15, -0.1) is 11.3 Å². The van der Waals surface area contributed by atoms with E-state index in [0.29, 0.717) is 10.7 Å². The molecule has 0 radical (unpaired) electrons. The number of hydrogen-bond donors (Lipinski definition) is 1. The van der Waals surface area contributed by atoms with Gasteiger partial charge in [-0.05, 0) is 49.7 Å². The molecule has 3 aromatic rings. The van der Waals surface area contributed by atoms with Crippen LogP contribution in [0.25, 0.3) is 11.3 Å². The molecule has 0 unspecified atom stereocenters. The molecule has 4 nitrogen and oxygen atoms in total. The Balaban J connectivity index is 1.80. The lowest BCUT2D eigenvalue weighted by Gasteiger charge is -2.06. The molecule has 0 saturated heterocycles. The minimum Gasteiger partial charge on any atom is -0.497 e. The van der Waals surface area contributed by atoms with Crippen molar-refractivity contribution in [2.75, 3.05) is 12.4 Å². The highest BCUT2D eigenvalue weighted by Gasteiger charge is 2.11. The number of ether oxygens (including phenoxy) is 1. The smallest absolute Gasteiger partial charge is 0.257 e. The first-order valence-corrected chi connectivity index (χ1v) is 8.43. The summed E-state index contributed by atoms with van der Waals surface area (Å²) in [5.74, 6) is 0.672. The number of benzene rings is 2. The van der Waals surface area contributed by atoms with E-state index in [1.54, 1.807) is 13.2 Å². The molecule has 5 heteroatoms. The summed E-state index contributed by atoms with van der Waals surface area (Å²) in [6.45, 7) is 3.98. The Bertz CT molecular complexity index is 887. The summed E-state index contributed by atoms with van der Waals surface area (Å²) in [4.78, 5) is 16.8. The quantitative estimate of drug-likeness (QED) is 0.751. The van der Waals surface area contributed by atoms with Crippen molar-refractivity contribution >= 4 is 22.4 Å². The van der Waals surface area contributed by atoms with Gasteiger partial charge in [-0.2, -0.15) is 0 Å². The molecule has 0 aliphatic heterocycles. The Morgan fingerprint density at radius 2 is 2.00 bits per heavy atom. The largest absolute Gasteiger partial charge is 0.497 e. The predicted molar refractivity (Wildman–Crippen MR) is 98.0 cm³/mol. The fourth-order valence-electron chi connectivity index (χ4n) is 2.46. The Labute approximate surface area is 145 Å². The summed E-state index contributed by atoms with van der Waals surface area (Å²) in [6, 6.07) is 13.4. The molecule has 0 fully saturated rings. The summed E-state index contributed by atoms with van der Waals surface area (Å²) in [5.41, 5.74) is 4.64. The van der Waals surface area contributed by atoms with Crippen LogP contribution in [0.15, 0.2) is 47.8 Å². The number of amides is 1. The van der Waals surface area contributed by atoms with E-state index in [4.69, 9.17) is 4.74 Å². The highest BCUT2D eigenvalue weighted by atomic mass is 32.1. The number of methoxy groups -OCH3 is 1. The van der Waals surface area contributed by atoms with E-state index in [1.165, 1.54) is 11.3 Å². The number of carbonyl (C=O) groups excluding carboxylic acids is 1. The van der Waals surface area contributed by atoms with Crippen LogP contribution in [0.4, 0.5) is 5.13 Å². The topological polar surface area (TPSA) is 51.2 Å². The van der Waals surface area contributed by atoms with Gasteiger partial charge in [-0.3, -0.25) is 10.1 Å². The third-order valence-corrected chi connectivity index (χ3v) is 4.47. The number of carbonyl (C=O) groups is 1. The average molecular weight is 338 g/mol. The number of anilines is 1. The summed E-state index contributed by atoms with van der Waals surface area (Å²) >= 11 is 1.42. The SMILES string of the molecule is COc1ccc(-c2csc(NC(=O)c3cccc(C)c3)n2)c(C)c1. The van der Waals surface area contributed by atoms with E-state index < -0.39 is 0 Å². The van der Waals surface area contributed by atoms with E-state index in [-0.39, 0.29) is 5.91 Å². The van der Waals surface area contributed by atoms with Gasteiger partial charge in [-0.25, -0.2) is 4.98 Å². The third kappa shape index (κ3) is 3.46. The molecule has 0 aliphatic rings. The van der Waals surface area contributed by atoms with Gasteiger partial charge >= 0.3 is 0 Å². The molecule has 3 rings (SSSR count). The van der Waals surface area contributed by atoms with Crippen LogP contribution in [0.5, 0.6) is 5.75 Å². The summed E-state index contributed by atoms with van der Waals surface area (Å²) in [6.07, 6.45) is 0. The number of thiazole rings is 1. The first kappa shape index (κ1) is 16.2. The van der Waals surface area contributed by atoms with Crippen LogP contribution in [0.2, 0.25) is 0 Å². The lowest BCUT2D eigenvalue weighted by molar-refractivity contribution is 0.102. The van der Waals surface area contributed by atoms with Gasteiger partial charge in [0.2, 0.25) is 0 Å². The monoisotopic (exact) mass is 338 g/mol. The maximum absolute atomic E-state index is 12.3. The van der Waals surface area contributed by atoms with Crippen molar-refractivity contribution in [3.05, 3.63) is 64.5 Å². The maximum atomic E-state index is 12.3. The molecular formula is C19H18N2O2S. The summed E-state index contributed by atoms with van der Waals surface area (Å²) in [5, 5.41) is 5.40. The second-order valence-electron chi connectivity index (χ2n) is 5.54. The molecule has 1 heterocycles. The molecule has 0 aliphatic carbocycles. The fraction of sp³-hybridized carbons (Fsp3) is 0.158. The Kier molecular flexibility index (Phi) is 4.62. The van der Waals surface area contributed by atoms with Crippen molar-refractivity contribution in [1.82, 2.24) is 4.98 Å². The van der Waals surface area contributed by atoms with Crippen LogP contribution in [-0.4, -0.2) is 18.0 Å². The van der Waals surface area contributed by atoms with Crippen LogP contribution in [0.3, 0.4) is 0 Å². The minimum absolute atomic E-state index is 0.147. The lowest BCUT2D eigenvalue weighted by atomic mass is 10.1. The molecule has 0 atom stereocenters. The second kappa shape index (κ2) is 6.84. The van der Waals surface area contributed by atoms with Gasteiger partial charge in [-0.1, -0.05) is 17.7 Å². The van der Waals surface area contributed by atoms with Crippen LogP contribution in [0.1, 0.15) is 21.5 Å². The predicted octanol–water partition coefficient (Wildman–Crippen LogP) is 4.69. The van der Waals surface area contributed by atoms with Crippen molar-refractivity contribution in [2.45, 2.75) is 13.8 Å². The molecule has 0 saturated carbocycles. The molecule has 2 aromatic carbocycles. The fourth-order valence-corrected chi connectivity index (χ4v) is 3.17. The summed E-state index contributed by atoms with van der Waals surface area (Å²) in [7, 11) is 1.65. The molecule has 1 aromatic heterocycles. The Hall–Kier alpha value is -2.66. The molecule has 0 spiro atoms. The van der Waals surface area contributed by atoms with Gasteiger partial charge < -0.3 is 4.74 Å². The zero-order valence-electron chi connectivity index (χ0n) is 13.8. The molecule has 0 bridgehead atoms. The molecular weight excluding hydrogens is 320 g/mol. The van der Waals surface area contributed by atoms with E-state index in [9.17, 15) is 4.79 Å².